The molecule has 0 aromatic heterocycles. The third-order valence-corrected chi connectivity index (χ3v) is 10.4. The fraction of sp³-hybridized carbons (Fsp3) is 0.745. The number of hydrogen-bond donors (Lipinski definition) is 3. The van der Waals surface area contributed by atoms with Crippen molar-refractivity contribution in [2.45, 2.75) is 199 Å². The number of phosphoric acid groups is 1. The Hall–Kier alpha value is -2.33. The number of aliphatic hydroxyl groups excluding tert-OH is 2. The summed E-state index contributed by atoms with van der Waals surface area (Å²) in [4.78, 5) is 35.0. The molecule has 11 heteroatoms. The molecule has 336 valence electrons. The molecule has 0 saturated heterocycles. The molecule has 0 saturated carbocycles. The quantitative estimate of drug-likeness (QED) is 0.0178. The number of phosphoric ester groups is 1. The van der Waals surface area contributed by atoms with E-state index < -0.39 is 51.8 Å². The van der Waals surface area contributed by atoms with E-state index in [1.807, 2.05) is 18.2 Å². The zero-order valence-electron chi connectivity index (χ0n) is 36.5. The predicted octanol–water partition coefficient (Wildman–Crippen LogP) is 12.3. The maximum absolute atomic E-state index is 12.6. The molecule has 10 nitrogen and oxygen atoms in total. The zero-order valence-corrected chi connectivity index (χ0v) is 37.4. The molecule has 0 aromatic carbocycles. The molecule has 2 unspecified atom stereocenters. The minimum absolute atomic E-state index is 0.157. The lowest BCUT2D eigenvalue weighted by molar-refractivity contribution is -0.161. The lowest BCUT2D eigenvalue weighted by Gasteiger charge is -2.20. The first-order chi connectivity index (χ1) is 28.2. The lowest BCUT2D eigenvalue weighted by Crippen LogP contribution is -2.29. The molecule has 0 fully saturated rings. The van der Waals surface area contributed by atoms with Crippen LogP contribution in [0.3, 0.4) is 0 Å². The number of aliphatic hydroxyl groups is 2. The highest BCUT2D eigenvalue weighted by Gasteiger charge is 2.27. The second-order valence-electron chi connectivity index (χ2n) is 15.1. The van der Waals surface area contributed by atoms with E-state index >= 15 is 0 Å². The van der Waals surface area contributed by atoms with Gasteiger partial charge in [-0.1, -0.05) is 171 Å². The summed E-state index contributed by atoms with van der Waals surface area (Å²) >= 11 is 0. The molecule has 0 aliphatic rings. The SMILES string of the molecule is CC/C=C/C=C/C=C/CCCCCCCC(=O)OC(COC(=O)CCCCCCCCC/C=C/C/C=C/CCCCCCCCCC)COP(=O)(O)OC[C@H](O)CO. The van der Waals surface area contributed by atoms with Gasteiger partial charge in [0.25, 0.3) is 0 Å². The average molecular weight is 839 g/mol. The van der Waals surface area contributed by atoms with Crippen molar-refractivity contribution in [2.24, 2.45) is 0 Å². The summed E-state index contributed by atoms with van der Waals surface area (Å²) in [5, 5.41) is 18.3. The van der Waals surface area contributed by atoms with Crippen LogP contribution in [0.15, 0.2) is 60.8 Å². The highest BCUT2D eigenvalue weighted by molar-refractivity contribution is 7.47. The number of ether oxygens (including phenoxy) is 2. The Labute approximate surface area is 353 Å². The summed E-state index contributed by atoms with van der Waals surface area (Å²) < 4.78 is 32.7. The molecule has 0 aliphatic heterocycles. The molecule has 0 amide bonds. The van der Waals surface area contributed by atoms with E-state index in [0.717, 1.165) is 70.6 Å². The first-order valence-electron chi connectivity index (χ1n) is 22.8. The van der Waals surface area contributed by atoms with E-state index in [4.69, 9.17) is 19.1 Å². The molecule has 0 bridgehead atoms. The molecular weight excluding hydrogens is 755 g/mol. The van der Waals surface area contributed by atoms with Crippen molar-refractivity contribution in [3.05, 3.63) is 60.8 Å². The van der Waals surface area contributed by atoms with Crippen LogP contribution in [0.1, 0.15) is 187 Å². The second kappa shape index (κ2) is 42.8. The number of allylic oxidation sites excluding steroid dienone is 10. The van der Waals surface area contributed by atoms with Crippen molar-refractivity contribution in [3.63, 3.8) is 0 Å². The van der Waals surface area contributed by atoms with Crippen molar-refractivity contribution in [3.8, 4) is 0 Å². The van der Waals surface area contributed by atoms with Crippen LogP contribution in [0, 0.1) is 0 Å². The number of esters is 2. The Kier molecular flexibility index (Phi) is 41.1. The smallest absolute Gasteiger partial charge is 0.462 e. The van der Waals surface area contributed by atoms with Crippen LogP contribution < -0.4 is 0 Å². The third-order valence-electron chi connectivity index (χ3n) is 9.47. The van der Waals surface area contributed by atoms with Crippen LogP contribution in [-0.2, 0) is 32.7 Å². The Morgan fingerprint density at radius 3 is 1.55 bits per heavy atom. The van der Waals surface area contributed by atoms with Crippen molar-refractivity contribution < 1.29 is 47.8 Å². The maximum Gasteiger partial charge on any atom is 0.472 e. The molecule has 0 spiro atoms. The van der Waals surface area contributed by atoms with Crippen LogP contribution >= 0.6 is 7.82 Å². The number of unbranched alkanes of at least 4 members (excludes halogenated alkanes) is 20. The highest BCUT2D eigenvalue weighted by atomic mass is 31.2. The third kappa shape index (κ3) is 41.8. The van der Waals surface area contributed by atoms with Gasteiger partial charge in [-0.25, -0.2) is 4.57 Å². The van der Waals surface area contributed by atoms with Gasteiger partial charge in [-0.3, -0.25) is 18.6 Å². The Balaban J connectivity index is 4.24. The molecular formula is C47H83O10P. The van der Waals surface area contributed by atoms with Crippen molar-refractivity contribution in [1.82, 2.24) is 0 Å². The van der Waals surface area contributed by atoms with Gasteiger partial charge in [0.1, 0.15) is 12.7 Å². The largest absolute Gasteiger partial charge is 0.472 e. The van der Waals surface area contributed by atoms with Gasteiger partial charge >= 0.3 is 19.8 Å². The summed E-state index contributed by atoms with van der Waals surface area (Å²) in [7, 11) is -4.63. The summed E-state index contributed by atoms with van der Waals surface area (Å²) in [6.45, 7) is 2.21. The average Bonchev–Trinajstić information content (AvgIpc) is 3.21. The second-order valence-corrected chi connectivity index (χ2v) is 16.6. The van der Waals surface area contributed by atoms with Crippen molar-refractivity contribution in [1.29, 1.82) is 0 Å². The van der Waals surface area contributed by atoms with Gasteiger partial charge in [0.15, 0.2) is 6.10 Å². The predicted molar refractivity (Wildman–Crippen MR) is 237 cm³/mol. The Morgan fingerprint density at radius 2 is 1.02 bits per heavy atom. The van der Waals surface area contributed by atoms with E-state index in [1.165, 1.54) is 77.0 Å². The van der Waals surface area contributed by atoms with Crippen LogP contribution in [0.25, 0.3) is 0 Å². The molecule has 0 aliphatic carbocycles. The minimum atomic E-state index is -4.63. The molecule has 0 rings (SSSR count). The number of carbonyl (C=O) groups is 2. The fourth-order valence-corrected chi connectivity index (χ4v) is 6.75. The minimum Gasteiger partial charge on any atom is -0.462 e. The number of hydrogen-bond acceptors (Lipinski definition) is 9. The van der Waals surface area contributed by atoms with E-state index in [0.29, 0.717) is 12.8 Å². The normalized spacial score (nSPS) is 14.4. The maximum atomic E-state index is 12.6. The Bertz CT molecular complexity index is 1150. The van der Waals surface area contributed by atoms with E-state index in [-0.39, 0.29) is 19.4 Å². The highest BCUT2D eigenvalue weighted by Crippen LogP contribution is 2.43. The topological polar surface area (TPSA) is 149 Å². The lowest BCUT2D eigenvalue weighted by atomic mass is 10.1. The van der Waals surface area contributed by atoms with Gasteiger partial charge in [-0.15, -0.1) is 0 Å². The van der Waals surface area contributed by atoms with E-state index in [1.54, 1.807) is 0 Å². The molecule has 0 aromatic rings. The van der Waals surface area contributed by atoms with Gasteiger partial charge in [0.05, 0.1) is 19.8 Å². The first-order valence-corrected chi connectivity index (χ1v) is 24.3. The number of carbonyl (C=O) groups excluding carboxylic acids is 2. The van der Waals surface area contributed by atoms with Gasteiger partial charge < -0.3 is 24.6 Å². The van der Waals surface area contributed by atoms with Crippen LogP contribution in [-0.4, -0.2) is 65.7 Å². The van der Waals surface area contributed by atoms with Crippen LogP contribution in [0.5, 0.6) is 0 Å². The molecule has 0 heterocycles. The van der Waals surface area contributed by atoms with Gasteiger partial charge in [-0.05, 0) is 64.2 Å². The van der Waals surface area contributed by atoms with E-state index in [2.05, 4.69) is 60.9 Å². The van der Waals surface area contributed by atoms with Gasteiger partial charge in [0.2, 0.25) is 0 Å². The summed E-state index contributed by atoms with van der Waals surface area (Å²) in [6, 6.07) is 0. The monoisotopic (exact) mass is 839 g/mol. The Morgan fingerprint density at radius 1 is 0.552 bits per heavy atom. The molecule has 0 radical (unpaired) electrons. The van der Waals surface area contributed by atoms with Crippen LogP contribution in [0.2, 0.25) is 0 Å². The summed E-state index contributed by atoms with van der Waals surface area (Å²) in [5.74, 6) is -0.960. The van der Waals surface area contributed by atoms with Crippen LogP contribution in [0.4, 0.5) is 0 Å². The molecule has 3 N–H and O–H groups in total. The molecule has 3 atom stereocenters. The van der Waals surface area contributed by atoms with Crippen molar-refractivity contribution in [2.75, 3.05) is 26.4 Å². The fourth-order valence-electron chi connectivity index (χ4n) is 5.96. The van der Waals surface area contributed by atoms with Crippen molar-refractivity contribution >= 4 is 19.8 Å². The standard InChI is InChI=1S/C47H83O10P/c1-3-5-7-9-11-13-15-17-18-19-20-21-22-23-24-25-27-28-30-32-34-36-38-46(50)54-42-45(43-56-58(52,53)55-41-44(49)40-48)57-47(51)39-37-35-33-31-29-26-16-14-12-10-8-6-4-2/h6,8,10,12,14,16,19-20,22-23,44-45,48-49H,3-5,7,9,11,13,15,17-18,21,24-43H2,1-2H3,(H,52,53)/b8-6+,12-10+,16-14+,20-19+,23-22+/t44-,45?/m1/s1. The molecule has 58 heavy (non-hydrogen) atoms. The summed E-state index contributed by atoms with van der Waals surface area (Å²) in [5.41, 5.74) is 0. The van der Waals surface area contributed by atoms with E-state index in [9.17, 15) is 24.2 Å². The zero-order chi connectivity index (χ0) is 42.6. The first kappa shape index (κ1) is 55.7. The number of rotatable bonds is 42. The summed E-state index contributed by atoms with van der Waals surface area (Å²) in [6.07, 6.45) is 47.7. The van der Waals surface area contributed by atoms with Gasteiger partial charge in [0, 0.05) is 12.8 Å². The van der Waals surface area contributed by atoms with Gasteiger partial charge in [-0.2, -0.15) is 0 Å².